The summed E-state index contributed by atoms with van der Waals surface area (Å²) in [6, 6.07) is 0. The molecule has 1 rings (SSSR count). The predicted molar refractivity (Wildman–Crippen MR) is 72.4 cm³/mol. The molecule has 6 nitrogen and oxygen atoms in total. The lowest BCUT2D eigenvalue weighted by Crippen LogP contribution is -2.35. The van der Waals surface area contributed by atoms with Crippen LogP contribution in [0, 0.1) is 5.41 Å². The van der Waals surface area contributed by atoms with E-state index >= 15 is 0 Å². The molecule has 0 atom stereocenters. The average Bonchev–Trinajstić information content (AvgIpc) is 2.74. The van der Waals surface area contributed by atoms with E-state index < -0.39 is 10.0 Å². The highest BCUT2D eigenvalue weighted by molar-refractivity contribution is 7.89. The largest absolute Gasteiger partial charge is 0.382 e. The monoisotopic (exact) mass is 295 g/mol. The number of rotatable bonds is 10. The first-order valence-electron chi connectivity index (χ1n) is 6.62. The van der Waals surface area contributed by atoms with Gasteiger partial charge in [0.05, 0.1) is 38.8 Å². The molecular weight excluding hydrogens is 270 g/mol. The van der Waals surface area contributed by atoms with Crippen molar-refractivity contribution in [2.45, 2.75) is 25.7 Å². The van der Waals surface area contributed by atoms with E-state index in [1.165, 1.54) is 0 Å². The highest BCUT2D eigenvalue weighted by Crippen LogP contribution is 2.39. The van der Waals surface area contributed by atoms with Gasteiger partial charge in [0.1, 0.15) is 0 Å². The van der Waals surface area contributed by atoms with E-state index in [0.29, 0.717) is 33.0 Å². The molecule has 0 aromatic carbocycles. The molecule has 0 unspecified atom stereocenters. The van der Waals surface area contributed by atoms with Crippen LogP contribution < -0.4 is 5.14 Å². The van der Waals surface area contributed by atoms with E-state index in [9.17, 15) is 8.42 Å². The normalized spacial score (nSPS) is 18.8. The summed E-state index contributed by atoms with van der Waals surface area (Å²) >= 11 is 0. The fraction of sp³-hybridized carbons (Fsp3) is 1.00. The van der Waals surface area contributed by atoms with Crippen molar-refractivity contribution in [3.63, 3.8) is 0 Å². The summed E-state index contributed by atoms with van der Waals surface area (Å²) in [6.45, 7) is 2.51. The van der Waals surface area contributed by atoms with E-state index in [1.54, 1.807) is 7.11 Å². The minimum atomic E-state index is -3.45. The Labute approximate surface area is 115 Å². The predicted octanol–water partition coefficient (Wildman–Crippen LogP) is 0.515. The molecule has 19 heavy (non-hydrogen) atoms. The maximum atomic E-state index is 11.3. The third kappa shape index (κ3) is 7.22. The van der Waals surface area contributed by atoms with Crippen LogP contribution in [0.5, 0.6) is 0 Å². The fourth-order valence-corrected chi connectivity index (χ4v) is 3.76. The first-order valence-corrected chi connectivity index (χ1v) is 8.34. The van der Waals surface area contributed by atoms with Gasteiger partial charge in [0.2, 0.25) is 10.0 Å². The van der Waals surface area contributed by atoms with E-state index in [1.807, 2.05) is 0 Å². The molecule has 0 radical (unpaired) electrons. The van der Waals surface area contributed by atoms with Crippen LogP contribution >= 0.6 is 0 Å². The average molecular weight is 295 g/mol. The van der Waals surface area contributed by atoms with Crippen LogP contribution in [-0.2, 0) is 24.2 Å². The fourth-order valence-electron chi connectivity index (χ4n) is 2.53. The SMILES string of the molecule is COCCOCCOCC1(CS(N)(=O)=O)CCCC1. The molecule has 0 aromatic rings. The van der Waals surface area contributed by atoms with Gasteiger partial charge >= 0.3 is 0 Å². The Morgan fingerprint density at radius 2 is 1.63 bits per heavy atom. The molecule has 1 aliphatic carbocycles. The quantitative estimate of drug-likeness (QED) is 0.593. The number of methoxy groups -OCH3 is 1. The number of sulfonamides is 1. The second kappa shape index (κ2) is 8.16. The Bertz CT molecular complexity index is 338. The Balaban J connectivity index is 2.23. The number of primary sulfonamides is 1. The van der Waals surface area contributed by atoms with Gasteiger partial charge in [-0.25, -0.2) is 13.6 Å². The molecule has 114 valence electrons. The van der Waals surface area contributed by atoms with Crippen molar-refractivity contribution in [2.24, 2.45) is 10.6 Å². The summed E-state index contributed by atoms with van der Waals surface area (Å²) < 4.78 is 38.3. The van der Waals surface area contributed by atoms with Crippen LogP contribution in [-0.4, -0.2) is 54.3 Å². The van der Waals surface area contributed by atoms with E-state index in [-0.39, 0.29) is 11.2 Å². The topological polar surface area (TPSA) is 87.8 Å². The Hall–Kier alpha value is -0.210. The first-order chi connectivity index (χ1) is 8.97. The molecule has 0 aromatic heterocycles. The van der Waals surface area contributed by atoms with Gasteiger partial charge in [-0.2, -0.15) is 0 Å². The second-order valence-electron chi connectivity index (χ2n) is 5.17. The summed E-state index contributed by atoms with van der Waals surface area (Å²) in [4.78, 5) is 0. The van der Waals surface area contributed by atoms with E-state index in [4.69, 9.17) is 19.3 Å². The molecular formula is C12H25NO5S. The molecule has 2 N–H and O–H groups in total. The summed E-state index contributed by atoms with van der Waals surface area (Å²) in [5, 5.41) is 5.16. The van der Waals surface area contributed by atoms with E-state index in [0.717, 1.165) is 25.7 Å². The van der Waals surface area contributed by atoms with Gasteiger partial charge < -0.3 is 14.2 Å². The highest BCUT2D eigenvalue weighted by Gasteiger charge is 2.37. The molecule has 0 amide bonds. The van der Waals surface area contributed by atoms with Crippen LogP contribution in [0.4, 0.5) is 0 Å². The minimum absolute atomic E-state index is 0.0184. The van der Waals surface area contributed by atoms with Gasteiger partial charge in [0.15, 0.2) is 0 Å². The summed E-state index contributed by atoms with van der Waals surface area (Å²) in [6.07, 6.45) is 3.83. The number of hydrogen-bond acceptors (Lipinski definition) is 5. The molecule has 1 saturated carbocycles. The lowest BCUT2D eigenvalue weighted by Gasteiger charge is -2.27. The Morgan fingerprint density at radius 1 is 1.05 bits per heavy atom. The van der Waals surface area contributed by atoms with Gasteiger partial charge in [-0.3, -0.25) is 0 Å². The summed E-state index contributed by atoms with van der Waals surface area (Å²) in [5.41, 5.74) is -0.292. The molecule has 0 saturated heterocycles. The maximum absolute atomic E-state index is 11.3. The van der Waals surface area contributed by atoms with Crippen LogP contribution in [0.2, 0.25) is 0 Å². The lowest BCUT2D eigenvalue weighted by molar-refractivity contribution is 0.000698. The zero-order valence-corrected chi connectivity index (χ0v) is 12.4. The maximum Gasteiger partial charge on any atom is 0.209 e. The van der Waals surface area contributed by atoms with Gasteiger partial charge in [0.25, 0.3) is 0 Å². The number of ether oxygens (including phenoxy) is 3. The minimum Gasteiger partial charge on any atom is -0.382 e. The highest BCUT2D eigenvalue weighted by atomic mass is 32.2. The smallest absolute Gasteiger partial charge is 0.209 e. The third-order valence-electron chi connectivity index (χ3n) is 3.38. The number of nitrogens with two attached hydrogens (primary N) is 1. The van der Waals surface area contributed by atoms with Crippen molar-refractivity contribution >= 4 is 10.0 Å². The summed E-state index contributed by atoms with van der Waals surface area (Å²) in [5.74, 6) is 0.0184. The molecule has 0 bridgehead atoms. The Morgan fingerprint density at radius 3 is 2.21 bits per heavy atom. The van der Waals surface area contributed by atoms with Gasteiger partial charge in [-0.1, -0.05) is 12.8 Å². The van der Waals surface area contributed by atoms with Crippen molar-refractivity contribution < 1.29 is 22.6 Å². The van der Waals surface area contributed by atoms with Crippen molar-refractivity contribution in [1.82, 2.24) is 0 Å². The van der Waals surface area contributed by atoms with Crippen molar-refractivity contribution in [1.29, 1.82) is 0 Å². The first kappa shape index (κ1) is 16.8. The van der Waals surface area contributed by atoms with Crippen molar-refractivity contribution in [3.8, 4) is 0 Å². The van der Waals surface area contributed by atoms with E-state index in [2.05, 4.69) is 0 Å². The standard InChI is InChI=1S/C12H25NO5S/c1-16-6-7-17-8-9-18-10-12(4-2-3-5-12)11-19(13,14)15/h2-11H2,1H3,(H2,13,14,15). The molecule has 0 aliphatic heterocycles. The van der Waals surface area contributed by atoms with Gasteiger partial charge in [-0.05, 0) is 12.8 Å². The summed E-state index contributed by atoms with van der Waals surface area (Å²) in [7, 11) is -1.83. The molecule has 1 fully saturated rings. The van der Waals surface area contributed by atoms with Gasteiger partial charge in [-0.15, -0.1) is 0 Å². The van der Waals surface area contributed by atoms with Crippen LogP contribution in [0.15, 0.2) is 0 Å². The molecule has 7 heteroatoms. The zero-order chi connectivity index (χ0) is 14.2. The van der Waals surface area contributed by atoms with Crippen LogP contribution in [0.25, 0.3) is 0 Å². The number of hydrogen-bond donors (Lipinski definition) is 1. The molecule has 0 spiro atoms. The van der Waals surface area contributed by atoms with Crippen molar-refractivity contribution in [3.05, 3.63) is 0 Å². The third-order valence-corrected chi connectivity index (χ3v) is 4.40. The second-order valence-corrected chi connectivity index (χ2v) is 6.79. The zero-order valence-electron chi connectivity index (χ0n) is 11.6. The molecule has 0 heterocycles. The molecule has 1 aliphatic rings. The lowest BCUT2D eigenvalue weighted by atomic mass is 9.90. The van der Waals surface area contributed by atoms with Crippen molar-refractivity contribution in [2.75, 3.05) is 45.9 Å². The Kier molecular flexibility index (Phi) is 7.23. The van der Waals surface area contributed by atoms with Crippen LogP contribution in [0.3, 0.4) is 0 Å². The van der Waals surface area contributed by atoms with Gasteiger partial charge in [0, 0.05) is 12.5 Å². The van der Waals surface area contributed by atoms with Crippen LogP contribution in [0.1, 0.15) is 25.7 Å².